The molecule has 6 heteroatoms. The van der Waals surface area contributed by atoms with Gasteiger partial charge in [0, 0.05) is 25.9 Å². The van der Waals surface area contributed by atoms with Crippen molar-refractivity contribution in [3.05, 3.63) is 0 Å². The first kappa shape index (κ1) is 12.7. The van der Waals surface area contributed by atoms with Gasteiger partial charge in [-0.25, -0.2) is 12.7 Å². The average molecular weight is 225 g/mol. The molecule has 0 spiro atoms. The summed E-state index contributed by atoms with van der Waals surface area (Å²) in [6, 6.07) is 1.89. The Morgan fingerprint density at radius 3 is 2.62 bits per heavy atom. The van der Waals surface area contributed by atoms with Crippen LogP contribution in [-0.2, 0) is 10.0 Å². The third kappa shape index (κ3) is 5.09. The minimum atomic E-state index is -3.20. The zero-order valence-corrected chi connectivity index (χ0v) is 9.11. The Morgan fingerprint density at radius 2 is 2.15 bits per heavy atom. The number of nitriles is 1. The molecule has 0 rings (SSSR count). The Balaban J connectivity index is 4.05. The van der Waals surface area contributed by atoms with Crippen molar-refractivity contribution < 1.29 is 8.42 Å². The first-order valence-electron chi connectivity index (χ1n) is 3.91. The van der Waals surface area contributed by atoms with Crippen LogP contribution in [0.4, 0.5) is 0 Å². The zero-order chi connectivity index (χ0) is 10.3. The monoisotopic (exact) mass is 224 g/mol. The Labute approximate surface area is 84.1 Å². The molecule has 0 aromatic rings. The van der Waals surface area contributed by atoms with Crippen LogP contribution in [0.5, 0.6) is 0 Å². The lowest BCUT2D eigenvalue weighted by atomic mass is 10.5. The summed E-state index contributed by atoms with van der Waals surface area (Å²) in [5.74, 6) is 0.393. The summed E-state index contributed by atoms with van der Waals surface area (Å²) in [5, 5.41) is 8.26. The molecular formula is C7H13ClN2O2S. The molecule has 0 unspecified atom stereocenters. The maximum Gasteiger partial charge on any atom is 0.213 e. The summed E-state index contributed by atoms with van der Waals surface area (Å²) in [5.41, 5.74) is 0. The van der Waals surface area contributed by atoms with Crippen LogP contribution < -0.4 is 0 Å². The highest BCUT2D eigenvalue weighted by atomic mass is 35.5. The van der Waals surface area contributed by atoms with Gasteiger partial charge in [0.05, 0.1) is 11.8 Å². The van der Waals surface area contributed by atoms with E-state index in [1.165, 1.54) is 11.4 Å². The number of hydrogen-bond acceptors (Lipinski definition) is 3. The first-order valence-corrected chi connectivity index (χ1v) is 6.06. The second kappa shape index (κ2) is 6.19. The van der Waals surface area contributed by atoms with E-state index in [0.717, 1.165) is 0 Å². The lowest BCUT2D eigenvalue weighted by Gasteiger charge is -2.14. The molecule has 0 saturated carbocycles. The molecule has 0 N–H and O–H groups in total. The van der Waals surface area contributed by atoms with Crippen molar-refractivity contribution in [2.75, 3.05) is 25.2 Å². The van der Waals surface area contributed by atoms with E-state index in [9.17, 15) is 8.42 Å². The van der Waals surface area contributed by atoms with Crippen molar-refractivity contribution in [1.29, 1.82) is 5.26 Å². The van der Waals surface area contributed by atoms with Crippen LogP contribution in [0, 0.1) is 11.3 Å². The Kier molecular flexibility index (Phi) is 6.04. The molecule has 13 heavy (non-hydrogen) atoms. The molecule has 0 atom stereocenters. The highest BCUT2D eigenvalue weighted by Crippen LogP contribution is 2.01. The standard InChI is InChI=1S/C7H13ClN2O2S/c1-10(6-3-5-9)13(11,12)7-2-4-8/h2-4,6-7H2,1H3. The van der Waals surface area contributed by atoms with E-state index in [1.807, 2.05) is 6.07 Å². The normalized spacial score (nSPS) is 11.5. The molecule has 0 aliphatic heterocycles. The Morgan fingerprint density at radius 1 is 1.54 bits per heavy atom. The summed E-state index contributed by atoms with van der Waals surface area (Å²) in [4.78, 5) is 0. The summed E-state index contributed by atoms with van der Waals surface area (Å²) >= 11 is 5.38. The zero-order valence-electron chi connectivity index (χ0n) is 7.53. The SMILES string of the molecule is CN(CCC#N)S(=O)(=O)CCCCl. The van der Waals surface area contributed by atoms with Gasteiger partial charge in [0.1, 0.15) is 0 Å². The second-order valence-corrected chi connectivity index (χ2v) is 5.16. The van der Waals surface area contributed by atoms with Crippen LogP contribution in [0.3, 0.4) is 0 Å². The van der Waals surface area contributed by atoms with Gasteiger partial charge in [0.2, 0.25) is 10.0 Å². The van der Waals surface area contributed by atoms with Gasteiger partial charge in [0.25, 0.3) is 0 Å². The smallest absolute Gasteiger partial charge is 0.212 e. The maximum absolute atomic E-state index is 11.4. The topological polar surface area (TPSA) is 61.2 Å². The van der Waals surface area contributed by atoms with Crippen molar-refractivity contribution in [2.24, 2.45) is 0 Å². The molecule has 0 bridgehead atoms. The number of sulfonamides is 1. The van der Waals surface area contributed by atoms with Gasteiger partial charge < -0.3 is 0 Å². The lowest BCUT2D eigenvalue weighted by Crippen LogP contribution is -2.30. The van der Waals surface area contributed by atoms with Crippen LogP contribution in [0.15, 0.2) is 0 Å². The van der Waals surface area contributed by atoms with Gasteiger partial charge in [-0.05, 0) is 6.42 Å². The molecule has 0 aliphatic carbocycles. The predicted molar refractivity (Wildman–Crippen MR) is 52.0 cm³/mol. The van der Waals surface area contributed by atoms with Crippen molar-refractivity contribution in [3.8, 4) is 6.07 Å². The molecule has 4 nitrogen and oxygen atoms in total. The molecule has 76 valence electrons. The van der Waals surface area contributed by atoms with E-state index < -0.39 is 10.0 Å². The van der Waals surface area contributed by atoms with Crippen molar-refractivity contribution in [2.45, 2.75) is 12.8 Å². The van der Waals surface area contributed by atoms with E-state index >= 15 is 0 Å². The van der Waals surface area contributed by atoms with Gasteiger partial charge in [-0.3, -0.25) is 0 Å². The number of alkyl halides is 1. The third-order valence-electron chi connectivity index (χ3n) is 1.55. The van der Waals surface area contributed by atoms with Crippen LogP contribution >= 0.6 is 11.6 Å². The lowest BCUT2D eigenvalue weighted by molar-refractivity contribution is 0.476. The van der Waals surface area contributed by atoms with Gasteiger partial charge in [-0.1, -0.05) is 0 Å². The van der Waals surface area contributed by atoms with Crippen LogP contribution in [0.2, 0.25) is 0 Å². The number of rotatable bonds is 6. The Bertz CT molecular complexity index is 271. The Hall–Kier alpha value is -0.310. The molecule has 0 saturated heterocycles. The van der Waals surface area contributed by atoms with Crippen molar-refractivity contribution >= 4 is 21.6 Å². The van der Waals surface area contributed by atoms with E-state index in [1.54, 1.807) is 0 Å². The van der Waals surface area contributed by atoms with E-state index in [0.29, 0.717) is 12.3 Å². The molecule has 0 heterocycles. The van der Waals surface area contributed by atoms with Crippen molar-refractivity contribution in [3.63, 3.8) is 0 Å². The van der Waals surface area contributed by atoms with Crippen LogP contribution in [-0.4, -0.2) is 37.9 Å². The molecular weight excluding hydrogens is 212 g/mol. The second-order valence-electron chi connectivity index (χ2n) is 2.59. The molecule has 0 aromatic heterocycles. The molecule has 0 aliphatic rings. The first-order chi connectivity index (χ1) is 6.04. The van der Waals surface area contributed by atoms with Gasteiger partial charge in [-0.2, -0.15) is 5.26 Å². The molecule has 0 aromatic carbocycles. The van der Waals surface area contributed by atoms with E-state index in [4.69, 9.17) is 16.9 Å². The van der Waals surface area contributed by atoms with Gasteiger partial charge in [-0.15, -0.1) is 11.6 Å². The third-order valence-corrected chi connectivity index (χ3v) is 3.75. The summed E-state index contributed by atoms with van der Waals surface area (Å²) in [6.07, 6.45) is 0.664. The van der Waals surface area contributed by atoms with Gasteiger partial charge >= 0.3 is 0 Å². The fourth-order valence-electron chi connectivity index (χ4n) is 0.739. The molecule has 0 fully saturated rings. The number of hydrogen-bond donors (Lipinski definition) is 0. The largest absolute Gasteiger partial charge is 0.213 e. The van der Waals surface area contributed by atoms with Crippen LogP contribution in [0.1, 0.15) is 12.8 Å². The number of nitrogens with zero attached hydrogens (tertiary/aromatic N) is 2. The summed E-state index contributed by atoms with van der Waals surface area (Å²) in [6.45, 7) is 0.251. The quantitative estimate of drug-likeness (QED) is 0.627. The number of halogens is 1. The summed E-state index contributed by atoms with van der Waals surface area (Å²) in [7, 11) is -1.72. The fraction of sp³-hybridized carbons (Fsp3) is 0.857. The van der Waals surface area contributed by atoms with Crippen molar-refractivity contribution in [1.82, 2.24) is 4.31 Å². The van der Waals surface area contributed by atoms with E-state index in [-0.39, 0.29) is 18.7 Å². The minimum Gasteiger partial charge on any atom is -0.212 e. The van der Waals surface area contributed by atoms with Gasteiger partial charge in [0.15, 0.2) is 0 Å². The highest BCUT2D eigenvalue weighted by Gasteiger charge is 2.15. The minimum absolute atomic E-state index is 0.0540. The predicted octanol–water partition coefficient (Wildman–Crippen LogP) is 0.791. The summed E-state index contributed by atoms with van der Waals surface area (Å²) < 4.78 is 23.9. The average Bonchev–Trinajstić information content (AvgIpc) is 2.10. The fourth-order valence-corrected chi connectivity index (χ4v) is 2.22. The van der Waals surface area contributed by atoms with Crippen LogP contribution in [0.25, 0.3) is 0 Å². The maximum atomic E-state index is 11.4. The molecule has 0 radical (unpaired) electrons. The molecule has 0 amide bonds. The van der Waals surface area contributed by atoms with E-state index in [2.05, 4.69) is 0 Å². The highest BCUT2D eigenvalue weighted by molar-refractivity contribution is 7.89.